The largest absolute Gasteiger partial charge is 0.392 e. The van der Waals surface area contributed by atoms with E-state index < -0.39 is 11.9 Å². The molecule has 8 heteroatoms. The first-order valence-electron chi connectivity index (χ1n) is 10.5. The van der Waals surface area contributed by atoms with Gasteiger partial charge in [0.15, 0.2) is 0 Å². The summed E-state index contributed by atoms with van der Waals surface area (Å²) in [6.45, 7) is 1.73. The lowest BCUT2D eigenvalue weighted by atomic mass is 9.80. The number of anilines is 2. The maximum absolute atomic E-state index is 14.5. The van der Waals surface area contributed by atoms with Crippen LogP contribution in [0.2, 0.25) is 5.02 Å². The summed E-state index contributed by atoms with van der Waals surface area (Å²) in [6, 6.07) is 7.87. The first-order valence-corrected chi connectivity index (χ1v) is 10.9. The first-order chi connectivity index (χ1) is 15.4. The molecule has 1 amide bonds. The number of aliphatic hydroxyl groups excluding tert-OH is 1. The molecule has 1 aliphatic rings. The molecule has 1 fully saturated rings. The molecule has 1 saturated carbocycles. The quantitative estimate of drug-likeness (QED) is 0.464. The zero-order valence-corrected chi connectivity index (χ0v) is 18.4. The lowest BCUT2D eigenvalue weighted by Crippen LogP contribution is -2.31. The first kappa shape index (κ1) is 22.2. The summed E-state index contributed by atoms with van der Waals surface area (Å²) in [7, 11) is 0. The van der Waals surface area contributed by atoms with Gasteiger partial charge in [-0.05, 0) is 61.6 Å². The molecule has 166 valence electrons. The Morgan fingerprint density at radius 3 is 2.78 bits per heavy atom. The SMILES string of the molecule is CC(O)CNC(=O)c1cnccc1Nc1cc(-c2cc(Cl)ccc2F)ncc1C1CCC1. The van der Waals surface area contributed by atoms with E-state index in [-0.39, 0.29) is 12.5 Å². The van der Waals surface area contributed by atoms with E-state index in [1.54, 1.807) is 37.5 Å². The number of carbonyl (C=O) groups excluding carboxylic acids is 1. The predicted octanol–water partition coefficient (Wildman–Crippen LogP) is 5.06. The van der Waals surface area contributed by atoms with Crippen LogP contribution in [-0.4, -0.2) is 33.6 Å². The average Bonchev–Trinajstić information content (AvgIpc) is 2.74. The van der Waals surface area contributed by atoms with Crippen molar-refractivity contribution in [3.05, 3.63) is 70.9 Å². The highest BCUT2D eigenvalue weighted by atomic mass is 35.5. The third kappa shape index (κ3) is 4.89. The predicted molar refractivity (Wildman–Crippen MR) is 123 cm³/mol. The lowest BCUT2D eigenvalue weighted by Gasteiger charge is -2.28. The van der Waals surface area contributed by atoms with Crippen molar-refractivity contribution in [2.24, 2.45) is 0 Å². The molecule has 3 aromatic rings. The van der Waals surface area contributed by atoms with Gasteiger partial charge >= 0.3 is 0 Å². The van der Waals surface area contributed by atoms with E-state index in [2.05, 4.69) is 20.6 Å². The van der Waals surface area contributed by atoms with E-state index in [1.807, 2.05) is 0 Å². The molecule has 0 spiro atoms. The van der Waals surface area contributed by atoms with Crippen molar-refractivity contribution in [2.75, 3.05) is 11.9 Å². The Morgan fingerprint density at radius 1 is 1.25 bits per heavy atom. The van der Waals surface area contributed by atoms with Crippen LogP contribution < -0.4 is 10.6 Å². The zero-order valence-electron chi connectivity index (χ0n) is 17.6. The summed E-state index contributed by atoms with van der Waals surface area (Å²) < 4.78 is 14.5. The minimum Gasteiger partial charge on any atom is -0.392 e. The van der Waals surface area contributed by atoms with Crippen LogP contribution in [0.3, 0.4) is 0 Å². The third-order valence-corrected chi connectivity index (χ3v) is 5.81. The van der Waals surface area contributed by atoms with Gasteiger partial charge < -0.3 is 15.7 Å². The van der Waals surface area contributed by atoms with E-state index in [9.17, 15) is 14.3 Å². The van der Waals surface area contributed by atoms with Crippen molar-refractivity contribution in [1.29, 1.82) is 0 Å². The average molecular weight is 455 g/mol. The summed E-state index contributed by atoms with van der Waals surface area (Å²) in [5.74, 6) is -0.397. The van der Waals surface area contributed by atoms with Crippen molar-refractivity contribution >= 4 is 28.9 Å². The second-order valence-corrected chi connectivity index (χ2v) is 8.45. The van der Waals surface area contributed by atoms with Crippen LogP contribution in [0.25, 0.3) is 11.3 Å². The van der Waals surface area contributed by atoms with Crippen molar-refractivity contribution in [3.63, 3.8) is 0 Å². The maximum Gasteiger partial charge on any atom is 0.255 e. The van der Waals surface area contributed by atoms with Crippen molar-refractivity contribution in [1.82, 2.24) is 15.3 Å². The highest BCUT2D eigenvalue weighted by molar-refractivity contribution is 6.30. The minimum atomic E-state index is -0.660. The molecule has 1 aromatic carbocycles. The van der Waals surface area contributed by atoms with Crippen LogP contribution in [-0.2, 0) is 0 Å². The molecule has 1 aliphatic carbocycles. The number of hydrogen-bond donors (Lipinski definition) is 3. The Labute approximate surface area is 190 Å². The number of rotatable bonds is 7. The van der Waals surface area contributed by atoms with E-state index in [4.69, 9.17) is 11.6 Å². The van der Waals surface area contributed by atoms with Crippen LogP contribution in [0.1, 0.15) is 48.0 Å². The number of aromatic nitrogens is 2. The van der Waals surface area contributed by atoms with Crippen molar-refractivity contribution in [2.45, 2.75) is 38.2 Å². The number of carbonyl (C=O) groups is 1. The highest BCUT2D eigenvalue weighted by Crippen LogP contribution is 2.41. The van der Waals surface area contributed by atoms with Crippen molar-refractivity contribution < 1.29 is 14.3 Å². The number of benzene rings is 1. The Hall–Kier alpha value is -3.03. The fraction of sp³-hybridized carbons (Fsp3) is 0.292. The molecular weight excluding hydrogens is 431 g/mol. The van der Waals surface area contributed by atoms with Gasteiger partial charge in [-0.3, -0.25) is 14.8 Å². The monoisotopic (exact) mass is 454 g/mol. The smallest absolute Gasteiger partial charge is 0.255 e. The minimum absolute atomic E-state index is 0.133. The van der Waals surface area contributed by atoms with E-state index in [1.165, 1.54) is 18.3 Å². The molecule has 1 unspecified atom stereocenters. The number of nitrogens with zero attached hydrogens (tertiary/aromatic N) is 2. The topological polar surface area (TPSA) is 87.1 Å². The van der Waals surface area contributed by atoms with Gasteiger partial charge in [0.05, 0.1) is 23.0 Å². The van der Waals surface area contributed by atoms with E-state index in [0.717, 1.165) is 30.5 Å². The van der Waals surface area contributed by atoms with Gasteiger partial charge in [0.2, 0.25) is 0 Å². The van der Waals surface area contributed by atoms with Gasteiger partial charge in [0, 0.05) is 41.4 Å². The second-order valence-electron chi connectivity index (χ2n) is 8.01. The number of halogens is 2. The summed E-state index contributed by atoms with van der Waals surface area (Å²) in [5, 5.41) is 15.9. The molecule has 0 saturated heterocycles. The van der Waals surface area contributed by atoms with E-state index in [0.29, 0.717) is 33.4 Å². The molecular formula is C24H24ClFN4O2. The summed E-state index contributed by atoms with van der Waals surface area (Å²) >= 11 is 6.08. The Bertz CT molecular complexity index is 1130. The van der Waals surface area contributed by atoms with Crippen molar-refractivity contribution in [3.8, 4) is 11.3 Å². The van der Waals surface area contributed by atoms with Crippen LogP contribution >= 0.6 is 11.6 Å². The standard InChI is InChI=1S/C24H24ClFN4O2/c1-14(31)11-29-24(32)19-12-27-8-7-21(19)30-23-10-22(17-9-16(25)5-6-20(17)26)28-13-18(23)15-3-2-4-15/h5-10,12-15,31H,2-4,11H2,1H3,(H,29,32)(H,27,28,30). The van der Waals surface area contributed by atoms with Crippen LogP contribution in [0, 0.1) is 5.82 Å². The number of nitrogens with one attached hydrogen (secondary N) is 2. The number of pyridine rings is 2. The molecule has 1 atom stereocenters. The maximum atomic E-state index is 14.5. The molecule has 0 bridgehead atoms. The van der Waals surface area contributed by atoms with Gasteiger partial charge in [-0.1, -0.05) is 18.0 Å². The Morgan fingerprint density at radius 2 is 2.06 bits per heavy atom. The molecule has 0 radical (unpaired) electrons. The van der Waals surface area contributed by atoms with Gasteiger partial charge in [-0.15, -0.1) is 0 Å². The molecule has 6 nitrogen and oxygen atoms in total. The summed E-state index contributed by atoms with van der Waals surface area (Å²) in [5.41, 5.74) is 3.45. The fourth-order valence-corrected chi connectivity index (χ4v) is 3.80. The van der Waals surface area contributed by atoms with Crippen LogP contribution in [0.4, 0.5) is 15.8 Å². The van der Waals surface area contributed by atoms with Crippen LogP contribution in [0.5, 0.6) is 0 Å². The number of amides is 1. The normalized spacial score (nSPS) is 14.5. The molecule has 32 heavy (non-hydrogen) atoms. The van der Waals surface area contributed by atoms with Gasteiger partial charge in [0.25, 0.3) is 5.91 Å². The van der Waals surface area contributed by atoms with Gasteiger partial charge in [-0.2, -0.15) is 0 Å². The van der Waals surface area contributed by atoms with Crippen LogP contribution in [0.15, 0.2) is 48.9 Å². The lowest BCUT2D eigenvalue weighted by molar-refractivity contribution is 0.0924. The Balaban J connectivity index is 1.71. The molecule has 2 heterocycles. The summed E-state index contributed by atoms with van der Waals surface area (Å²) in [4.78, 5) is 21.2. The zero-order chi connectivity index (χ0) is 22.7. The molecule has 0 aliphatic heterocycles. The summed E-state index contributed by atoms with van der Waals surface area (Å²) in [6.07, 6.45) is 7.44. The second kappa shape index (κ2) is 9.63. The number of hydrogen-bond acceptors (Lipinski definition) is 5. The fourth-order valence-electron chi connectivity index (χ4n) is 3.62. The number of aliphatic hydroxyl groups is 1. The highest BCUT2D eigenvalue weighted by Gasteiger charge is 2.24. The van der Waals surface area contributed by atoms with Gasteiger partial charge in [-0.25, -0.2) is 4.39 Å². The Kier molecular flexibility index (Phi) is 6.67. The van der Waals surface area contributed by atoms with E-state index >= 15 is 0 Å². The van der Waals surface area contributed by atoms with Gasteiger partial charge in [0.1, 0.15) is 5.82 Å². The third-order valence-electron chi connectivity index (χ3n) is 5.58. The molecule has 3 N–H and O–H groups in total. The molecule has 4 rings (SSSR count). The molecule has 2 aromatic heterocycles.